The van der Waals surface area contributed by atoms with Crippen molar-refractivity contribution in [2.45, 2.75) is 26.3 Å². The molecule has 0 spiro atoms. The zero-order valence-electron chi connectivity index (χ0n) is 11.7. The van der Waals surface area contributed by atoms with E-state index in [9.17, 15) is 4.79 Å². The minimum Gasteiger partial charge on any atom is -0.369 e. The largest absolute Gasteiger partial charge is 0.369 e. The van der Waals surface area contributed by atoms with E-state index in [2.05, 4.69) is 20.5 Å². The second kappa shape index (κ2) is 5.49. The number of nitrogens with zero attached hydrogens (tertiary/aromatic N) is 3. The van der Waals surface area contributed by atoms with Gasteiger partial charge < -0.3 is 9.47 Å². The summed E-state index contributed by atoms with van der Waals surface area (Å²) < 4.78 is 2.15. The van der Waals surface area contributed by atoms with E-state index in [0.717, 1.165) is 43.1 Å². The Balaban J connectivity index is 1.81. The van der Waals surface area contributed by atoms with Gasteiger partial charge in [-0.15, -0.1) is 0 Å². The average molecular weight is 269 g/mol. The topological polar surface area (TPSA) is 38.1 Å². The highest BCUT2D eigenvalue weighted by atomic mass is 16.1. The van der Waals surface area contributed by atoms with Gasteiger partial charge in [-0.1, -0.05) is 12.1 Å². The highest BCUT2D eigenvalue weighted by molar-refractivity contribution is 6.01. The van der Waals surface area contributed by atoms with E-state index in [0.29, 0.717) is 6.42 Å². The Hall–Kier alpha value is -2.10. The highest BCUT2D eigenvalue weighted by Gasteiger charge is 2.20. The Morgan fingerprint density at radius 2 is 2.10 bits per heavy atom. The molecule has 0 N–H and O–H groups in total. The molecule has 4 nitrogen and oxygen atoms in total. The van der Waals surface area contributed by atoms with Crippen molar-refractivity contribution in [3.8, 4) is 0 Å². The molecule has 2 aromatic rings. The molecule has 3 rings (SSSR count). The number of anilines is 1. The number of fused-ring (bicyclic) bond motifs is 1. The standard InChI is InChI=1S/C16H19N3O/c1-13-17-8-10-18(13)11-12-19-9-4-7-16(20)14-5-2-3-6-15(14)19/h2-3,5-6,8,10H,4,7,9,11-12H2,1H3. The molecule has 0 atom stereocenters. The van der Waals surface area contributed by atoms with Crippen LogP contribution in [-0.4, -0.2) is 28.4 Å². The summed E-state index contributed by atoms with van der Waals surface area (Å²) in [4.78, 5) is 18.7. The van der Waals surface area contributed by atoms with Crippen LogP contribution in [0.3, 0.4) is 0 Å². The molecule has 0 fully saturated rings. The maximum atomic E-state index is 12.1. The summed E-state index contributed by atoms with van der Waals surface area (Å²) in [6.07, 6.45) is 5.41. The number of aromatic nitrogens is 2. The van der Waals surface area contributed by atoms with Crippen molar-refractivity contribution in [1.29, 1.82) is 0 Å². The Kier molecular flexibility index (Phi) is 3.54. The highest BCUT2D eigenvalue weighted by Crippen LogP contribution is 2.25. The normalized spacial score (nSPS) is 15.1. The number of rotatable bonds is 3. The lowest BCUT2D eigenvalue weighted by Gasteiger charge is -2.24. The van der Waals surface area contributed by atoms with Gasteiger partial charge in [0.1, 0.15) is 5.82 Å². The molecule has 0 amide bonds. The Morgan fingerprint density at radius 3 is 2.90 bits per heavy atom. The molecule has 1 aromatic carbocycles. The van der Waals surface area contributed by atoms with Gasteiger partial charge in [0.15, 0.2) is 5.78 Å². The molecule has 0 radical (unpaired) electrons. The van der Waals surface area contributed by atoms with Crippen LogP contribution >= 0.6 is 0 Å². The smallest absolute Gasteiger partial charge is 0.165 e. The zero-order valence-corrected chi connectivity index (χ0v) is 11.7. The van der Waals surface area contributed by atoms with Crippen LogP contribution < -0.4 is 4.90 Å². The van der Waals surface area contributed by atoms with E-state index in [1.165, 1.54) is 0 Å². The van der Waals surface area contributed by atoms with Crippen molar-refractivity contribution in [3.05, 3.63) is 48.0 Å². The second-order valence-corrected chi connectivity index (χ2v) is 5.20. The fourth-order valence-electron chi connectivity index (χ4n) is 2.77. The first-order valence-corrected chi connectivity index (χ1v) is 7.10. The zero-order chi connectivity index (χ0) is 13.9. The summed E-state index contributed by atoms with van der Waals surface area (Å²) in [5, 5.41) is 0. The van der Waals surface area contributed by atoms with Gasteiger partial charge in [-0.25, -0.2) is 4.98 Å². The molecular weight excluding hydrogens is 250 g/mol. The van der Waals surface area contributed by atoms with Gasteiger partial charge in [-0.2, -0.15) is 0 Å². The van der Waals surface area contributed by atoms with Gasteiger partial charge in [-0.05, 0) is 25.5 Å². The fourth-order valence-corrected chi connectivity index (χ4v) is 2.77. The van der Waals surface area contributed by atoms with E-state index >= 15 is 0 Å². The molecule has 2 heterocycles. The maximum absolute atomic E-state index is 12.1. The van der Waals surface area contributed by atoms with Crippen molar-refractivity contribution in [1.82, 2.24) is 9.55 Å². The first kappa shape index (κ1) is 12.9. The number of imidazole rings is 1. The van der Waals surface area contributed by atoms with Gasteiger partial charge >= 0.3 is 0 Å². The molecule has 1 aromatic heterocycles. The van der Waals surface area contributed by atoms with E-state index < -0.39 is 0 Å². The van der Waals surface area contributed by atoms with Crippen molar-refractivity contribution >= 4 is 11.5 Å². The number of aryl methyl sites for hydroxylation is 1. The first-order valence-electron chi connectivity index (χ1n) is 7.10. The number of benzene rings is 1. The summed E-state index contributed by atoms with van der Waals surface area (Å²) in [6, 6.07) is 7.95. The van der Waals surface area contributed by atoms with E-state index in [1.54, 1.807) is 0 Å². The Morgan fingerprint density at radius 1 is 1.25 bits per heavy atom. The summed E-state index contributed by atoms with van der Waals surface area (Å²) in [6.45, 7) is 4.76. The van der Waals surface area contributed by atoms with Crippen LogP contribution in [0.15, 0.2) is 36.7 Å². The average Bonchev–Trinajstić information content (AvgIpc) is 2.80. The number of carbonyl (C=O) groups excluding carboxylic acids is 1. The number of hydrogen-bond acceptors (Lipinski definition) is 3. The molecule has 0 saturated carbocycles. The van der Waals surface area contributed by atoms with Crippen LogP contribution in [0.5, 0.6) is 0 Å². The molecule has 104 valence electrons. The lowest BCUT2D eigenvalue weighted by Crippen LogP contribution is -2.28. The Labute approximate surface area is 119 Å². The van der Waals surface area contributed by atoms with Crippen LogP contribution in [0.4, 0.5) is 5.69 Å². The fraction of sp³-hybridized carbons (Fsp3) is 0.375. The summed E-state index contributed by atoms with van der Waals surface area (Å²) >= 11 is 0. The molecule has 0 bridgehead atoms. The first-order chi connectivity index (χ1) is 9.75. The molecule has 4 heteroatoms. The van der Waals surface area contributed by atoms with Gasteiger partial charge in [0.2, 0.25) is 0 Å². The van der Waals surface area contributed by atoms with Gasteiger partial charge in [-0.3, -0.25) is 4.79 Å². The lowest BCUT2D eigenvalue weighted by atomic mass is 10.1. The van der Waals surface area contributed by atoms with Crippen molar-refractivity contribution in [2.24, 2.45) is 0 Å². The molecule has 1 aliphatic rings. The second-order valence-electron chi connectivity index (χ2n) is 5.20. The summed E-state index contributed by atoms with van der Waals surface area (Å²) in [5.74, 6) is 1.30. The van der Waals surface area contributed by atoms with Crippen molar-refractivity contribution in [3.63, 3.8) is 0 Å². The van der Waals surface area contributed by atoms with Crippen LogP contribution in [0.1, 0.15) is 29.0 Å². The number of ketones is 1. The number of hydrogen-bond donors (Lipinski definition) is 0. The molecular formula is C16H19N3O. The molecule has 0 saturated heterocycles. The summed E-state index contributed by atoms with van der Waals surface area (Å²) in [5.41, 5.74) is 1.94. The maximum Gasteiger partial charge on any atom is 0.165 e. The van der Waals surface area contributed by atoms with Crippen molar-refractivity contribution < 1.29 is 4.79 Å². The van der Waals surface area contributed by atoms with Gasteiger partial charge in [0.05, 0.1) is 0 Å². The number of carbonyl (C=O) groups is 1. The quantitative estimate of drug-likeness (QED) is 0.860. The van der Waals surface area contributed by atoms with E-state index in [1.807, 2.05) is 37.5 Å². The predicted molar refractivity (Wildman–Crippen MR) is 79.2 cm³/mol. The Bertz CT molecular complexity index is 618. The molecule has 1 aliphatic heterocycles. The van der Waals surface area contributed by atoms with E-state index in [4.69, 9.17) is 0 Å². The summed E-state index contributed by atoms with van der Waals surface area (Å²) in [7, 11) is 0. The monoisotopic (exact) mass is 269 g/mol. The molecule has 20 heavy (non-hydrogen) atoms. The van der Waals surface area contributed by atoms with Gasteiger partial charge in [0, 0.05) is 49.7 Å². The van der Waals surface area contributed by atoms with Crippen molar-refractivity contribution in [2.75, 3.05) is 18.0 Å². The SMILES string of the molecule is Cc1nccn1CCN1CCCC(=O)c2ccccc21. The number of Topliss-reactive ketones (excluding diaryl/α,β-unsaturated/α-hetero) is 1. The predicted octanol–water partition coefficient (Wildman–Crippen LogP) is 2.67. The third-order valence-corrected chi connectivity index (χ3v) is 3.91. The van der Waals surface area contributed by atoms with E-state index in [-0.39, 0.29) is 5.78 Å². The number of para-hydroxylation sites is 1. The lowest BCUT2D eigenvalue weighted by molar-refractivity contribution is 0.0984. The molecule has 0 unspecified atom stereocenters. The third kappa shape index (κ3) is 2.46. The minimum absolute atomic E-state index is 0.266. The van der Waals surface area contributed by atoms with Crippen LogP contribution in [0.2, 0.25) is 0 Å². The van der Waals surface area contributed by atoms with Gasteiger partial charge in [0.25, 0.3) is 0 Å². The van der Waals surface area contributed by atoms with Crippen LogP contribution in [-0.2, 0) is 6.54 Å². The third-order valence-electron chi connectivity index (χ3n) is 3.91. The van der Waals surface area contributed by atoms with Crippen LogP contribution in [0.25, 0.3) is 0 Å². The van der Waals surface area contributed by atoms with Crippen LogP contribution in [0, 0.1) is 6.92 Å². The minimum atomic E-state index is 0.266. The molecule has 0 aliphatic carbocycles.